The van der Waals surface area contributed by atoms with Crippen LogP contribution in [0.1, 0.15) is 105 Å². The second kappa shape index (κ2) is 14.4. The molecule has 0 saturated heterocycles. The highest BCUT2D eigenvalue weighted by Crippen LogP contribution is 2.25. The summed E-state index contributed by atoms with van der Waals surface area (Å²) in [6, 6.07) is 0. The third-order valence-corrected chi connectivity index (χ3v) is 4.20. The third kappa shape index (κ3) is 12.8. The van der Waals surface area contributed by atoms with Gasteiger partial charge in [-0.05, 0) is 18.3 Å². The molecule has 2 atom stereocenters. The summed E-state index contributed by atoms with van der Waals surface area (Å²) in [4.78, 5) is 0. The molecule has 0 N–H and O–H groups in total. The lowest BCUT2D eigenvalue weighted by molar-refractivity contribution is 0.411. The van der Waals surface area contributed by atoms with Gasteiger partial charge >= 0.3 is 0 Å². The minimum absolute atomic E-state index is 0.830. The maximum Gasteiger partial charge on any atom is -0.0326 e. The van der Waals surface area contributed by atoms with Gasteiger partial charge < -0.3 is 0 Å². The zero-order valence-electron chi connectivity index (χ0n) is 14.2. The number of hydrogen-bond acceptors (Lipinski definition) is 0. The maximum absolute atomic E-state index is 2.67. The van der Waals surface area contributed by atoms with Crippen LogP contribution in [0.2, 0.25) is 0 Å². The van der Waals surface area contributed by atoms with E-state index in [9.17, 15) is 0 Å². The molecular formula is C19H39. The second-order valence-corrected chi connectivity index (χ2v) is 6.42. The molecule has 19 heavy (non-hydrogen) atoms. The van der Waals surface area contributed by atoms with Gasteiger partial charge in [-0.25, -0.2) is 0 Å². The van der Waals surface area contributed by atoms with Gasteiger partial charge in [-0.1, -0.05) is 105 Å². The van der Waals surface area contributed by atoms with Crippen molar-refractivity contribution in [3.63, 3.8) is 0 Å². The fourth-order valence-electron chi connectivity index (χ4n) is 2.98. The van der Waals surface area contributed by atoms with Crippen LogP contribution in [0, 0.1) is 18.3 Å². The SMILES string of the molecule is CCCCCCCCC([CH]C(C)CCCC)CCC. The van der Waals surface area contributed by atoms with Gasteiger partial charge in [-0.2, -0.15) is 0 Å². The molecule has 0 heteroatoms. The highest BCUT2D eigenvalue weighted by atomic mass is 14.2. The summed E-state index contributed by atoms with van der Waals surface area (Å²) in [5.41, 5.74) is 0. The molecule has 0 nitrogen and oxygen atoms in total. The first-order chi connectivity index (χ1) is 9.24. The van der Waals surface area contributed by atoms with Crippen LogP contribution >= 0.6 is 0 Å². The Labute approximate surface area is 123 Å². The third-order valence-electron chi connectivity index (χ3n) is 4.20. The van der Waals surface area contributed by atoms with Crippen LogP contribution in [0.5, 0.6) is 0 Å². The fourth-order valence-corrected chi connectivity index (χ4v) is 2.98. The van der Waals surface area contributed by atoms with E-state index in [4.69, 9.17) is 0 Å². The second-order valence-electron chi connectivity index (χ2n) is 6.42. The molecule has 0 heterocycles. The summed E-state index contributed by atoms with van der Waals surface area (Å²) in [7, 11) is 0. The fraction of sp³-hybridized carbons (Fsp3) is 0.947. The van der Waals surface area contributed by atoms with E-state index in [-0.39, 0.29) is 0 Å². The normalized spacial score (nSPS) is 14.5. The first-order valence-electron chi connectivity index (χ1n) is 9.09. The molecule has 0 rings (SSSR count). The van der Waals surface area contributed by atoms with Gasteiger partial charge in [0.2, 0.25) is 0 Å². The van der Waals surface area contributed by atoms with Crippen molar-refractivity contribution in [2.45, 2.75) is 105 Å². The first kappa shape index (κ1) is 19.0. The summed E-state index contributed by atoms with van der Waals surface area (Å²) in [6.45, 7) is 9.34. The lowest BCUT2D eigenvalue weighted by Crippen LogP contribution is -2.08. The molecule has 0 spiro atoms. The molecule has 0 bridgehead atoms. The van der Waals surface area contributed by atoms with Crippen LogP contribution in [-0.4, -0.2) is 0 Å². The Morgan fingerprint density at radius 1 is 0.632 bits per heavy atom. The molecule has 0 aliphatic heterocycles. The van der Waals surface area contributed by atoms with Crippen molar-refractivity contribution in [3.05, 3.63) is 6.42 Å². The van der Waals surface area contributed by atoms with E-state index in [0.717, 1.165) is 11.8 Å². The van der Waals surface area contributed by atoms with Crippen molar-refractivity contribution < 1.29 is 0 Å². The monoisotopic (exact) mass is 267 g/mol. The Balaban J connectivity index is 3.66. The predicted molar refractivity (Wildman–Crippen MR) is 89.4 cm³/mol. The van der Waals surface area contributed by atoms with E-state index in [1.54, 1.807) is 0 Å². The average Bonchev–Trinajstić information content (AvgIpc) is 2.40. The first-order valence-corrected chi connectivity index (χ1v) is 9.09. The van der Waals surface area contributed by atoms with E-state index in [1.165, 1.54) is 77.0 Å². The van der Waals surface area contributed by atoms with E-state index < -0.39 is 0 Å². The molecule has 0 aliphatic rings. The number of hydrogen-bond donors (Lipinski definition) is 0. The van der Waals surface area contributed by atoms with Crippen LogP contribution < -0.4 is 0 Å². The highest BCUT2D eigenvalue weighted by Gasteiger charge is 2.12. The zero-order chi connectivity index (χ0) is 14.3. The van der Waals surface area contributed by atoms with Crippen molar-refractivity contribution in [1.29, 1.82) is 0 Å². The lowest BCUT2D eigenvalue weighted by Gasteiger charge is -2.20. The van der Waals surface area contributed by atoms with E-state index in [1.807, 2.05) is 0 Å². The zero-order valence-corrected chi connectivity index (χ0v) is 14.2. The lowest BCUT2D eigenvalue weighted by atomic mass is 9.86. The predicted octanol–water partition coefficient (Wildman–Crippen LogP) is 7.18. The van der Waals surface area contributed by atoms with Crippen LogP contribution in [-0.2, 0) is 0 Å². The summed E-state index contributed by atoms with van der Waals surface area (Å²) in [6.07, 6.45) is 19.6. The molecule has 0 amide bonds. The molecule has 0 aromatic carbocycles. The number of rotatable bonds is 14. The molecule has 0 saturated carbocycles. The average molecular weight is 268 g/mol. The summed E-state index contributed by atoms with van der Waals surface area (Å²) in [5, 5.41) is 0. The Kier molecular flexibility index (Phi) is 14.4. The molecule has 115 valence electrons. The molecule has 0 aromatic rings. The summed E-state index contributed by atoms with van der Waals surface area (Å²) < 4.78 is 0. The maximum atomic E-state index is 2.67. The Hall–Kier alpha value is 0. The van der Waals surface area contributed by atoms with E-state index in [0.29, 0.717) is 0 Å². The van der Waals surface area contributed by atoms with Gasteiger partial charge in [0, 0.05) is 0 Å². The van der Waals surface area contributed by atoms with Gasteiger partial charge in [0.1, 0.15) is 0 Å². The van der Waals surface area contributed by atoms with Crippen LogP contribution in [0.3, 0.4) is 0 Å². The largest absolute Gasteiger partial charge is 0.0654 e. The van der Waals surface area contributed by atoms with Crippen molar-refractivity contribution in [2.75, 3.05) is 0 Å². The van der Waals surface area contributed by atoms with Crippen molar-refractivity contribution in [2.24, 2.45) is 11.8 Å². The Morgan fingerprint density at radius 2 is 1.26 bits per heavy atom. The molecule has 1 radical (unpaired) electrons. The van der Waals surface area contributed by atoms with Gasteiger partial charge in [-0.3, -0.25) is 0 Å². The topological polar surface area (TPSA) is 0 Å². The van der Waals surface area contributed by atoms with E-state index in [2.05, 4.69) is 34.1 Å². The molecule has 2 unspecified atom stereocenters. The van der Waals surface area contributed by atoms with Gasteiger partial charge in [0.15, 0.2) is 0 Å². The summed E-state index contributed by atoms with van der Waals surface area (Å²) >= 11 is 0. The minimum Gasteiger partial charge on any atom is -0.0654 e. The minimum atomic E-state index is 0.830. The standard InChI is InChI=1S/C19H39/c1-5-8-10-11-12-13-16-19(14-7-3)17-18(4)15-9-6-2/h17-19H,5-16H2,1-4H3. The van der Waals surface area contributed by atoms with Crippen LogP contribution in [0.4, 0.5) is 0 Å². The summed E-state index contributed by atoms with van der Waals surface area (Å²) in [5.74, 6) is 1.72. The quantitative estimate of drug-likeness (QED) is 0.292. The highest BCUT2D eigenvalue weighted by molar-refractivity contribution is 4.81. The Morgan fingerprint density at radius 3 is 1.89 bits per heavy atom. The van der Waals surface area contributed by atoms with Crippen LogP contribution in [0.15, 0.2) is 0 Å². The van der Waals surface area contributed by atoms with Gasteiger partial charge in [-0.15, -0.1) is 0 Å². The molecule has 0 aromatic heterocycles. The van der Waals surface area contributed by atoms with Gasteiger partial charge in [0.05, 0.1) is 0 Å². The molecular weight excluding hydrogens is 228 g/mol. The smallest absolute Gasteiger partial charge is 0.0326 e. The van der Waals surface area contributed by atoms with E-state index >= 15 is 0 Å². The van der Waals surface area contributed by atoms with Crippen molar-refractivity contribution in [3.8, 4) is 0 Å². The van der Waals surface area contributed by atoms with Crippen molar-refractivity contribution >= 4 is 0 Å². The molecule has 0 aliphatic carbocycles. The molecule has 0 fully saturated rings. The number of unbranched alkanes of at least 4 members (excludes halogenated alkanes) is 6. The van der Waals surface area contributed by atoms with Crippen molar-refractivity contribution in [1.82, 2.24) is 0 Å². The Bertz CT molecular complexity index is 161. The van der Waals surface area contributed by atoms with Gasteiger partial charge in [0.25, 0.3) is 0 Å². The van der Waals surface area contributed by atoms with Crippen LogP contribution in [0.25, 0.3) is 0 Å².